The fourth-order valence-corrected chi connectivity index (χ4v) is 4.44. The molecular formula is C25H34N2O4. The number of hydrogen-bond donors (Lipinski definition) is 1. The van der Waals surface area contributed by atoms with Crippen molar-refractivity contribution >= 4 is 11.9 Å². The molecule has 1 heterocycles. The number of aryl methyl sites for hydroxylation is 1. The highest BCUT2D eigenvalue weighted by Crippen LogP contribution is 2.31. The molecule has 0 aliphatic heterocycles. The van der Waals surface area contributed by atoms with Crippen molar-refractivity contribution < 1.29 is 19.1 Å². The van der Waals surface area contributed by atoms with Crippen LogP contribution in [0, 0.1) is 25.7 Å². The lowest BCUT2D eigenvalue weighted by Crippen LogP contribution is -2.33. The maximum Gasteiger partial charge on any atom is 0.339 e. The Morgan fingerprint density at radius 2 is 1.77 bits per heavy atom. The summed E-state index contributed by atoms with van der Waals surface area (Å²) in [6.45, 7) is 7.65. The number of amides is 1. The van der Waals surface area contributed by atoms with Crippen LogP contribution >= 0.6 is 0 Å². The van der Waals surface area contributed by atoms with Gasteiger partial charge in [0.1, 0.15) is 5.75 Å². The molecule has 168 valence electrons. The molecule has 0 unspecified atom stereocenters. The van der Waals surface area contributed by atoms with E-state index in [0.29, 0.717) is 24.6 Å². The molecule has 31 heavy (non-hydrogen) atoms. The van der Waals surface area contributed by atoms with Crippen LogP contribution in [0.2, 0.25) is 0 Å². The van der Waals surface area contributed by atoms with E-state index in [9.17, 15) is 9.59 Å². The van der Waals surface area contributed by atoms with E-state index in [2.05, 4.69) is 9.88 Å². The molecule has 1 amide bonds. The molecule has 0 atom stereocenters. The van der Waals surface area contributed by atoms with Crippen LogP contribution in [0.25, 0.3) is 0 Å². The van der Waals surface area contributed by atoms with E-state index in [1.54, 1.807) is 7.11 Å². The lowest BCUT2D eigenvalue weighted by Gasteiger charge is -2.29. The maximum atomic E-state index is 12.6. The third kappa shape index (κ3) is 5.69. The van der Waals surface area contributed by atoms with Crippen molar-refractivity contribution in [1.82, 2.24) is 9.88 Å². The molecule has 1 aromatic carbocycles. The highest BCUT2D eigenvalue weighted by Gasteiger charge is 2.27. The van der Waals surface area contributed by atoms with Gasteiger partial charge >= 0.3 is 5.97 Å². The summed E-state index contributed by atoms with van der Waals surface area (Å²) in [4.78, 5) is 24.8. The number of aromatic nitrogens is 1. The Hall–Kier alpha value is -2.76. The van der Waals surface area contributed by atoms with Crippen molar-refractivity contribution in [2.75, 3.05) is 13.7 Å². The summed E-state index contributed by atoms with van der Waals surface area (Å²) in [5, 5.41) is 3.08. The van der Waals surface area contributed by atoms with Gasteiger partial charge in [0, 0.05) is 30.4 Å². The molecule has 1 aromatic heterocycles. The van der Waals surface area contributed by atoms with Crippen LogP contribution in [-0.2, 0) is 22.6 Å². The van der Waals surface area contributed by atoms with Crippen LogP contribution in [0.15, 0.2) is 30.3 Å². The molecule has 0 spiro atoms. The Kier molecular flexibility index (Phi) is 7.77. The van der Waals surface area contributed by atoms with Gasteiger partial charge in [-0.15, -0.1) is 0 Å². The van der Waals surface area contributed by atoms with Crippen LogP contribution in [0.1, 0.15) is 59.9 Å². The van der Waals surface area contributed by atoms with Gasteiger partial charge in [0.25, 0.3) is 0 Å². The summed E-state index contributed by atoms with van der Waals surface area (Å²) < 4.78 is 12.6. The first-order chi connectivity index (χ1) is 14.9. The lowest BCUT2D eigenvalue weighted by molar-refractivity contribution is -0.126. The van der Waals surface area contributed by atoms with Gasteiger partial charge in [-0.1, -0.05) is 12.1 Å². The van der Waals surface area contributed by atoms with Crippen LogP contribution in [0.3, 0.4) is 0 Å². The topological polar surface area (TPSA) is 69.6 Å². The average molecular weight is 427 g/mol. The zero-order valence-corrected chi connectivity index (χ0v) is 19.1. The number of nitrogens with one attached hydrogen (secondary N) is 1. The molecule has 2 aromatic rings. The molecule has 1 fully saturated rings. The number of hydrogen-bond acceptors (Lipinski definition) is 4. The van der Waals surface area contributed by atoms with Crippen molar-refractivity contribution in [2.45, 2.75) is 59.5 Å². The number of methoxy groups -OCH3 is 1. The third-order valence-electron chi connectivity index (χ3n) is 6.35. The molecule has 6 nitrogen and oxygen atoms in total. The second kappa shape index (κ2) is 10.5. The Morgan fingerprint density at radius 3 is 2.39 bits per heavy atom. The Balaban J connectivity index is 1.49. The number of benzene rings is 1. The minimum absolute atomic E-state index is 0.0800. The SMILES string of the molecule is CCOC(=O)c1cc(C)n(CC2CCC(C(=O)NCc3ccc(OC)cc3)CC2)c1C. The fraction of sp³-hybridized carbons (Fsp3) is 0.520. The second-order valence-electron chi connectivity index (χ2n) is 8.40. The monoisotopic (exact) mass is 426 g/mol. The minimum atomic E-state index is -0.251. The van der Waals surface area contributed by atoms with Gasteiger partial charge in [-0.25, -0.2) is 4.79 Å². The summed E-state index contributed by atoms with van der Waals surface area (Å²) in [5.74, 6) is 1.31. The molecule has 3 rings (SSSR count). The summed E-state index contributed by atoms with van der Waals surface area (Å²) >= 11 is 0. The molecule has 6 heteroatoms. The minimum Gasteiger partial charge on any atom is -0.497 e. The van der Waals surface area contributed by atoms with Crippen molar-refractivity contribution in [3.63, 3.8) is 0 Å². The van der Waals surface area contributed by atoms with E-state index in [1.165, 1.54) is 0 Å². The summed E-state index contributed by atoms with van der Waals surface area (Å²) in [6.07, 6.45) is 3.85. The number of rotatable bonds is 8. The zero-order valence-electron chi connectivity index (χ0n) is 19.1. The molecule has 0 saturated heterocycles. The highest BCUT2D eigenvalue weighted by molar-refractivity contribution is 5.91. The lowest BCUT2D eigenvalue weighted by atomic mass is 9.81. The van der Waals surface area contributed by atoms with E-state index in [1.807, 2.05) is 51.1 Å². The van der Waals surface area contributed by atoms with Crippen molar-refractivity contribution in [2.24, 2.45) is 11.8 Å². The number of carbonyl (C=O) groups is 2. The first-order valence-corrected chi connectivity index (χ1v) is 11.2. The Bertz CT molecular complexity index is 893. The summed E-state index contributed by atoms with van der Waals surface area (Å²) in [6, 6.07) is 9.69. The summed E-state index contributed by atoms with van der Waals surface area (Å²) in [7, 11) is 1.64. The van der Waals surface area contributed by atoms with Gasteiger partial charge in [-0.05, 0) is 76.1 Å². The molecule has 0 bridgehead atoms. The van der Waals surface area contributed by atoms with E-state index in [0.717, 1.165) is 54.9 Å². The normalized spacial score (nSPS) is 18.5. The largest absolute Gasteiger partial charge is 0.497 e. The van der Waals surface area contributed by atoms with E-state index >= 15 is 0 Å². The molecule has 0 radical (unpaired) electrons. The number of nitrogens with zero attached hydrogens (tertiary/aromatic N) is 1. The first kappa shape index (κ1) is 22.9. The van der Waals surface area contributed by atoms with E-state index in [-0.39, 0.29) is 17.8 Å². The van der Waals surface area contributed by atoms with E-state index < -0.39 is 0 Å². The zero-order chi connectivity index (χ0) is 22.4. The second-order valence-corrected chi connectivity index (χ2v) is 8.40. The predicted molar refractivity (Wildman–Crippen MR) is 120 cm³/mol. The van der Waals surface area contributed by atoms with Crippen molar-refractivity contribution in [3.05, 3.63) is 52.8 Å². The van der Waals surface area contributed by atoms with E-state index in [4.69, 9.17) is 9.47 Å². The molecule has 1 aliphatic rings. The van der Waals surface area contributed by atoms with Gasteiger partial charge in [-0.3, -0.25) is 4.79 Å². The van der Waals surface area contributed by atoms with Crippen molar-refractivity contribution in [3.8, 4) is 5.75 Å². The number of ether oxygens (including phenoxy) is 2. The Morgan fingerprint density at radius 1 is 1.10 bits per heavy atom. The van der Waals surface area contributed by atoms with Crippen LogP contribution in [0.5, 0.6) is 5.75 Å². The maximum absolute atomic E-state index is 12.6. The standard InChI is InChI=1S/C25H34N2O4/c1-5-31-25(29)23-14-17(2)27(18(23)3)16-20-6-10-21(11-7-20)24(28)26-15-19-8-12-22(30-4)13-9-19/h8-9,12-14,20-21H,5-7,10-11,15-16H2,1-4H3,(H,26,28). The summed E-state index contributed by atoms with van der Waals surface area (Å²) in [5.41, 5.74) is 3.78. The fourth-order valence-electron chi connectivity index (χ4n) is 4.44. The van der Waals surface area contributed by atoms with Crippen LogP contribution in [0.4, 0.5) is 0 Å². The number of esters is 1. The molecule has 1 aliphatic carbocycles. The van der Waals surface area contributed by atoms with Gasteiger partial charge in [-0.2, -0.15) is 0 Å². The highest BCUT2D eigenvalue weighted by atomic mass is 16.5. The third-order valence-corrected chi connectivity index (χ3v) is 6.35. The smallest absolute Gasteiger partial charge is 0.339 e. The van der Waals surface area contributed by atoms with Gasteiger partial charge in [0.2, 0.25) is 5.91 Å². The first-order valence-electron chi connectivity index (χ1n) is 11.2. The van der Waals surface area contributed by atoms with Crippen LogP contribution < -0.4 is 10.1 Å². The number of carbonyl (C=O) groups excluding carboxylic acids is 2. The average Bonchev–Trinajstić information content (AvgIpc) is 3.07. The van der Waals surface area contributed by atoms with Gasteiger partial charge < -0.3 is 19.4 Å². The van der Waals surface area contributed by atoms with Gasteiger partial charge in [0.15, 0.2) is 0 Å². The molecule has 1 N–H and O–H groups in total. The van der Waals surface area contributed by atoms with Gasteiger partial charge in [0.05, 0.1) is 19.3 Å². The quantitative estimate of drug-likeness (QED) is 0.635. The Labute approximate surface area is 184 Å². The predicted octanol–water partition coefficient (Wildman–Crippen LogP) is 4.41. The molecule has 1 saturated carbocycles. The molecular weight excluding hydrogens is 392 g/mol. The van der Waals surface area contributed by atoms with Crippen molar-refractivity contribution in [1.29, 1.82) is 0 Å². The van der Waals surface area contributed by atoms with Crippen LogP contribution in [-0.4, -0.2) is 30.2 Å².